The van der Waals surface area contributed by atoms with Crippen LogP contribution in [0.3, 0.4) is 0 Å². The Labute approximate surface area is 157 Å². The molecule has 2 rings (SSSR count). The number of carbonyl (C=O) groups excluding carboxylic acids is 1. The lowest BCUT2D eigenvalue weighted by Crippen LogP contribution is -2.39. The second kappa shape index (κ2) is 9.85. The van der Waals surface area contributed by atoms with E-state index in [1.807, 2.05) is 51.1 Å². The lowest BCUT2D eigenvalue weighted by atomic mass is 10.1. The van der Waals surface area contributed by atoms with Crippen molar-refractivity contribution in [1.29, 1.82) is 0 Å². The molecule has 1 N–H and O–H groups in total. The Bertz CT molecular complexity index is 680. The molecular weight excluding hydrogens is 324 g/mol. The molecule has 0 aliphatic heterocycles. The predicted molar refractivity (Wildman–Crippen MR) is 108 cm³/mol. The minimum Gasteiger partial charge on any atom is -0.481 e. The zero-order valence-corrected chi connectivity index (χ0v) is 16.3. The van der Waals surface area contributed by atoms with Crippen molar-refractivity contribution in [1.82, 2.24) is 5.32 Å². The Morgan fingerprint density at radius 2 is 1.77 bits per heavy atom. The Kier molecular flexibility index (Phi) is 7.52. The van der Waals surface area contributed by atoms with Gasteiger partial charge in [0.25, 0.3) is 5.91 Å². The van der Waals surface area contributed by atoms with Gasteiger partial charge in [-0.25, -0.2) is 0 Å². The maximum Gasteiger partial charge on any atom is 0.261 e. The first kappa shape index (κ1) is 19.8. The van der Waals surface area contributed by atoms with Crippen LogP contribution in [0.25, 0.3) is 0 Å². The predicted octanol–water partition coefficient (Wildman–Crippen LogP) is 4.10. The molecule has 0 fully saturated rings. The number of anilines is 1. The summed E-state index contributed by atoms with van der Waals surface area (Å²) in [6.07, 6.45) is 1.07. The average Bonchev–Trinajstić information content (AvgIpc) is 2.62. The van der Waals surface area contributed by atoms with Gasteiger partial charge >= 0.3 is 0 Å². The average molecular weight is 354 g/mol. The van der Waals surface area contributed by atoms with E-state index in [-0.39, 0.29) is 5.91 Å². The fraction of sp³-hybridized carbons (Fsp3) is 0.409. The zero-order chi connectivity index (χ0) is 18.9. The molecule has 1 amide bonds. The summed E-state index contributed by atoms with van der Waals surface area (Å²) >= 11 is 0. The second-order valence-electron chi connectivity index (χ2n) is 6.74. The van der Waals surface area contributed by atoms with Gasteiger partial charge in [-0.3, -0.25) is 4.79 Å². The molecule has 140 valence electrons. The van der Waals surface area contributed by atoms with Crippen LogP contribution in [-0.2, 0) is 4.79 Å². The zero-order valence-electron chi connectivity index (χ0n) is 16.3. The molecule has 0 spiro atoms. The summed E-state index contributed by atoms with van der Waals surface area (Å²) in [5.41, 5.74) is 3.46. The number of benzene rings is 2. The van der Waals surface area contributed by atoms with E-state index in [0.29, 0.717) is 13.0 Å². The van der Waals surface area contributed by atoms with Gasteiger partial charge in [0.1, 0.15) is 5.75 Å². The quantitative estimate of drug-likeness (QED) is 0.689. The summed E-state index contributed by atoms with van der Waals surface area (Å²) in [6, 6.07) is 16.3. The third-order valence-corrected chi connectivity index (χ3v) is 4.30. The van der Waals surface area contributed by atoms with Gasteiger partial charge in [0.05, 0.1) is 0 Å². The van der Waals surface area contributed by atoms with Crippen LogP contribution < -0.4 is 15.0 Å². The summed E-state index contributed by atoms with van der Waals surface area (Å²) in [7, 11) is 2.06. The summed E-state index contributed by atoms with van der Waals surface area (Å²) in [5, 5.41) is 3.00. The van der Waals surface area contributed by atoms with Crippen LogP contribution in [-0.4, -0.2) is 32.1 Å². The topological polar surface area (TPSA) is 41.6 Å². The molecule has 0 aliphatic rings. The molecule has 0 aliphatic carbocycles. The maximum atomic E-state index is 12.4. The lowest BCUT2D eigenvalue weighted by molar-refractivity contribution is -0.128. The van der Waals surface area contributed by atoms with Crippen molar-refractivity contribution in [2.45, 2.75) is 39.7 Å². The second-order valence-corrected chi connectivity index (χ2v) is 6.74. The first-order chi connectivity index (χ1) is 12.5. The molecule has 26 heavy (non-hydrogen) atoms. The number of carbonyl (C=O) groups is 1. The number of amides is 1. The van der Waals surface area contributed by atoms with E-state index in [9.17, 15) is 4.79 Å². The summed E-state index contributed by atoms with van der Waals surface area (Å²) in [5.74, 6) is 0.710. The molecule has 0 radical (unpaired) electrons. The summed E-state index contributed by atoms with van der Waals surface area (Å²) < 4.78 is 5.91. The van der Waals surface area contributed by atoms with Crippen molar-refractivity contribution in [3.8, 4) is 5.75 Å². The van der Waals surface area contributed by atoms with E-state index in [4.69, 9.17) is 4.74 Å². The molecule has 1 atom stereocenters. The number of hydrogen-bond acceptors (Lipinski definition) is 3. The highest BCUT2D eigenvalue weighted by molar-refractivity contribution is 5.81. The van der Waals surface area contributed by atoms with Gasteiger partial charge in [-0.1, -0.05) is 31.2 Å². The van der Waals surface area contributed by atoms with E-state index in [1.165, 1.54) is 5.69 Å². The minimum absolute atomic E-state index is 0.0472. The van der Waals surface area contributed by atoms with E-state index in [2.05, 4.69) is 35.5 Å². The standard InChI is InChI=1S/C22H30N2O2/c1-5-21(26-20-15-17(2)14-18(3)16-20)22(25)23-12-9-13-24(4)19-10-7-6-8-11-19/h6-8,10-11,14-16,21H,5,9,12-13H2,1-4H3,(H,23,25)/t21-/m1/s1. The van der Waals surface area contributed by atoms with Gasteiger partial charge in [-0.2, -0.15) is 0 Å². The van der Waals surface area contributed by atoms with E-state index in [1.54, 1.807) is 0 Å². The van der Waals surface area contributed by atoms with Gasteiger partial charge < -0.3 is 15.0 Å². The largest absolute Gasteiger partial charge is 0.481 e. The Morgan fingerprint density at radius 3 is 2.38 bits per heavy atom. The van der Waals surface area contributed by atoms with E-state index < -0.39 is 6.10 Å². The molecule has 4 heteroatoms. The summed E-state index contributed by atoms with van der Waals surface area (Å²) in [6.45, 7) is 7.56. The van der Waals surface area contributed by atoms with Crippen molar-refractivity contribution >= 4 is 11.6 Å². The van der Waals surface area contributed by atoms with Crippen molar-refractivity contribution < 1.29 is 9.53 Å². The minimum atomic E-state index is -0.456. The molecule has 2 aromatic rings. The van der Waals surface area contributed by atoms with Crippen LogP contribution in [0.5, 0.6) is 5.75 Å². The van der Waals surface area contributed by atoms with Crippen LogP contribution in [0, 0.1) is 13.8 Å². The van der Waals surface area contributed by atoms with Crippen molar-refractivity contribution in [3.63, 3.8) is 0 Å². The Morgan fingerprint density at radius 1 is 1.12 bits per heavy atom. The number of nitrogens with one attached hydrogen (secondary N) is 1. The molecule has 0 aromatic heterocycles. The summed E-state index contributed by atoms with van der Waals surface area (Å²) in [4.78, 5) is 14.6. The SMILES string of the molecule is CC[C@@H](Oc1cc(C)cc(C)c1)C(=O)NCCCN(C)c1ccccc1. The molecular formula is C22H30N2O2. The fourth-order valence-electron chi connectivity index (χ4n) is 2.94. The number of para-hydroxylation sites is 1. The van der Waals surface area contributed by atoms with Crippen LogP contribution >= 0.6 is 0 Å². The first-order valence-corrected chi connectivity index (χ1v) is 9.28. The van der Waals surface area contributed by atoms with E-state index in [0.717, 1.165) is 29.8 Å². The molecule has 0 unspecified atom stereocenters. The highest BCUT2D eigenvalue weighted by atomic mass is 16.5. The molecule has 0 saturated heterocycles. The van der Waals surface area contributed by atoms with E-state index >= 15 is 0 Å². The number of nitrogens with zero attached hydrogens (tertiary/aromatic N) is 1. The number of ether oxygens (including phenoxy) is 1. The highest BCUT2D eigenvalue weighted by Crippen LogP contribution is 2.18. The van der Waals surface area contributed by atoms with Crippen LogP contribution in [0.2, 0.25) is 0 Å². The molecule has 0 bridgehead atoms. The molecule has 0 saturated carbocycles. The van der Waals surface area contributed by atoms with Gasteiger partial charge in [0.2, 0.25) is 0 Å². The molecule has 4 nitrogen and oxygen atoms in total. The Balaban J connectivity index is 1.78. The normalized spacial score (nSPS) is 11.7. The number of aryl methyl sites for hydroxylation is 2. The van der Waals surface area contributed by atoms with Gasteiger partial charge in [0, 0.05) is 25.8 Å². The monoisotopic (exact) mass is 354 g/mol. The number of rotatable bonds is 9. The maximum absolute atomic E-state index is 12.4. The van der Waals surface area contributed by atoms with Gasteiger partial charge in [-0.15, -0.1) is 0 Å². The van der Waals surface area contributed by atoms with Gasteiger partial charge in [0.15, 0.2) is 6.10 Å². The van der Waals surface area contributed by atoms with Gasteiger partial charge in [-0.05, 0) is 62.1 Å². The molecule has 2 aromatic carbocycles. The smallest absolute Gasteiger partial charge is 0.261 e. The van der Waals surface area contributed by atoms with Crippen LogP contribution in [0.1, 0.15) is 30.9 Å². The fourth-order valence-corrected chi connectivity index (χ4v) is 2.94. The van der Waals surface area contributed by atoms with Crippen molar-refractivity contribution in [3.05, 3.63) is 59.7 Å². The van der Waals surface area contributed by atoms with Crippen LogP contribution in [0.15, 0.2) is 48.5 Å². The van der Waals surface area contributed by atoms with Crippen molar-refractivity contribution in [2.24, 2.45) is 0 Å². The van der Waals surface area contributed by atoms with Crippen LogP contribution in [0.4, 0.5) is 5.69 Å². The lowest BCUT2D eigenvalue weighted by Gasteiger charge is -2.20. The first-order valence-electron chi connectivity index (χ1n) is 9.28. The third-order valence-electron chi connectivity index (χ3n) is 4.30. The highest BCUT2D eigenvalue weighted by Gasteiger charge is 2.18. The van der Waals surface area contributed by atoms with Crippen molar-refractivity contribution in [2.75, 3.05) is 25.0 Å². The molecule has 0 heterocycles. The number of hydrogen-bond donors (Lipinski definition) is 1. The third kappa shape index (κ3) is 6.10. The Hall–Kier alpha value is -2.49.